The van der Waals surface area contributed by atoms with Crippen molar-refractivity contribution in [2.45, 2.75) is 33.6 Å². The number of aromatic carboxylic acids is 1. The van der Waals surface area contributed by atoms with Crippen LogP contribution in [0.2, 0.25) is 0 Å². The van der Waals surface area contributed by atoms with Gasteiger partial charge in [0.25, 0.3) is 0 Å². The average molecular weight is 208 g/mol. The van der Waals surface area contributed by atoms with Gasteiger partial charge in [0.05, 0.1) is 5.56 Å². The summed E-state index contributed by atoms with van der Waals surface area (Å²) in [6.45, 7) is 7.30. The summed E-state index contributed by atoms with van der Waals surface area (Å²) in [7, 11) is 0. The first-order chi connectivity index (χ1) is 6.86. The molecule has 82 valence electrons. The van der Waals surface area contributed by atoms with Gasteiger partial charge < -0.3 is 10.2 Å². The number of rotatable bonds is 2. The molecule has 0 saturated carbocycles. The molecule has 3 nitrogen and oxygen atoms in total. The zero-order valence-electron chi connectivity index (χ0n) is 9.46. The molecule has 0 heterocycles. The van der Waals surface area contributed by atoms with Gasteiger partial charge in [0.1, 0.15) is 5.75 Å². The standard InChI is InChI=1S/C12H16O3/c1-6(2)9-5-10(12(14)15)7(3)8(4)11(9)13/h5-6,13H,1-4H3,(H,14,15). The summed E-state index contributed by atoms with van der Waals surface area (Å²) in [6.07, 6.45) is 0. The van der Waals surface area contributed by atoms with Gasteiger partial charge in [-0.15, -0.1) is 0 Å². The van der Waals surface area contributed by atoms with Crippen molar-refractivity contribution >= 4 is 5.97 Å². The summed E-state index contributed by atoms with van der Waals surface area (Å²) in [5.41, 5.74) is 2.24. The molecule has 0 spiro atoms. The van der Waals surface area contributed by atoms with Crippen LogP contribution in [-0.4, -0.2) is 16.2 Å². The van der Waals surface area contributed by atoms with E-state index in [4.69, 9.17) is 5.11 Å². The summed E-state index contributed by atoms with van der Waals surface area (Å²) in [4.78, 5) is 11.0. The fraction of sp³-hybridized carbons (Fsp3) is 0.417. The lowest BCUT2D eigenvalue weighted by molar-refractivity contribution is 0.0696. The molecule has 0 aliphatic carbocycles. The van der Waals surface area contributed by atoms with Gasteiger partial charge in [0.15, 0.2) is 0 Å². The van der Waals surface area contributed by atoms with E-state index in [9.17, 15) is 9.90 Å². The van der Waals surface area contributed by atoms with Crippen molar-refractivity contribution in [3.8, 4) is 5.75 Å². The number of aromatic hydroxyl groups is 1. The van der Waals surface area contributed by atoms with Crippen molar-refractivity contribution in [2.75, 3.05) is 0 Å². The predicted molar refractivity (Wildman–Crippen MR) is 58.6 cm³/mol. The Morgan fingerprint density at radius 2 is 1.80 bits per heavy atom. The van der Waals surface area contributed by atoms with Crippen LogP contribution >= 0.6 is 0 Å². The molecule has 0 amide bonds. The minimum Gasteiger partial charge on any atom is -0.507 e. The summed E-state index contributed by atoms with van der Waals surface area (Å²) < 4.78 is 0. The molecule has 0 fully saturated rings. The van der Waals surface area contributed by atoms with Crippen LogP contribution in [0.4, 0.5) is 0 Å². The SMILES string of the molecule is Cc1c(C(=O)O)cc(C(C)C)c(O)c1C. The molecular formula is C12H16O3. The van der Waals surface area contributed by atoms with Crippen LogP contribution in [0.3, 0.4) is 0 Å². The minimum atomic E-state index is -0.947. The number of phenolic OH excluding ortho intramolecular Hbond substituents is 1. The molecule has 1 aromatic carbocycles. The van der Waals surface area contributed by atoms with E-state index < -0.39 is 5.97 Å². The van der Waals surface area contributed by atoms with Crippen molar-refractivity contribution in [1.82, 2.24) is 0 Å². The smallest absolute Gasteiger partial charge is 0.335 e. The fourth-order valence-corrected chi connectivity index (χ4v) is 1.59. The van der Waals surface area contributed by atoms with Gasteiger partial charge in [-0.2, -0.15) is 0 Å². The van der Waals surface area contributed by atoms with Gasteiger partial charge in [-0.05, 0) is 42.5 Å². The van der Waals surface area contributed by atoms with Crippen molar-refractivity contribution in [3.05, 3.63) is 28.3 Å². The highest BCUT2D eigenvalue weighted by molar-refractivity contribution is 5.90. The first-order valence-electron chi connectivity index (χ1n) is 4.92. The van der Waals surface area contributed by atoms with Gasteiger partial charge in [-0.25, -0.2) is 4.79 Å². The lowest BCUT2D eigenvalue weighted by Gasteiger charge is -2.14. The van der Waals surface area contributed by atoms with Crippen LogP contribution in [0.1, 0.15) is 46.8 Å². The summed E-state index contributed by atoms with van der Waals surface area (Å²) >= 11 is 0. The summed E-state index contributed by atoms with van der Waals surface area (Å²) in [5, 5.41) is 18.9. The molecule has 0 atom stereocenters. The molecule has 0 radical (unpaired) electrons. The largest absolute Gasteiger partial charge is 0.507 e. The van der Waals surface area contributed by atoms with E-state index in [0.29, 0.717) is 16.7 Å². The highest BCUT2D eigenvalue weighted by Crippen LogP contribution is 2.32. The Kier molecular flexibility index (Phi) is 3.03. The number of carboxylic acid groups (broad SMARTS) is 1. The van der Waals surface area contributed by atoms with E-state index in [1.807, 2.05) is 13.8 Å². The normalized spacial score (nSPS) is 10.7. The zero-order chi connectivity index (χ0) is 11.7. The minimum absolute atomic E-state index is 0.113. The number of phenols is 1. The summed E-state index contributed by atoms with van der Waals surface area (Å²) in [6, 6.07) is 1.56. The molecule has 0 unspecified atom stereocenters. The molecule has 1 aromatic rings. The van der Waals surface area contributed by atoms with Gasteiger partial charge >= 0.3 is 5.97 Å². The van der Waals surface area contributed by atoms with Gasteiger partial charge in [-0.1, -0.05) is 13.8 Å². The molecular weight excluding hydrogens is 192 g/mol. The molecule has 0 bridgehead atoms. The van der Waals surface area contributed by atoms with Crippen molar-refractivity contribution < 1.29 is 15.0 Å². The second-order valence-electron chi connectivity index (χ2n) is 4.07. The lowest BCUT2D eigenvalue weighted by atomic mass is 9.92. The average Bonchev–Trinajstić information content (AvgIpc) is 2.13. The molecule has 2 N–H and O–H groups in total. The van der Waals surface area contributed by atoms with Gasteiger partial charge in [0.2, 0.25) is 0 Å². The molecule has 0 aliphatic rings. The second-order valence-corrected chi connectivity index (χ2v) is 4.07. The monoisotopic (exact) mass is 208 g/mol. The lowest BCUT2D eigenvalue weighted by Crippen LogP contribution is -2.04. The van der Waals surface area contributed by atoms with Crippen LogP contribution < -0.4 is 0 Å². The molecule has 0 saturated heterocycles. The van der Waals surface area contributed by atoms with Crippen LogP contribution in [0.15, 0.2) is 6.07 Å². The number of hydrogen-bond acceptors (Lipinski definition) is 2. The zero-order valence-corrected chi connectivity index (χ0v) is 9.46. The molecule has 0 aromatic heterocycles. The third kappa shape index (κ3) is 1.96. The quantitative estimate of drug-likeness (QED) is 0.785. The van der Waals surface area contributed by atoms with E-state index in [-0.39, 0.29) is 17.2 Å². The highest BCUT2D eigenvalue weighted by Gasteiger charge is 2.17. The van der Waals surface area contributed by atoms with Crippen LogP contribution in [0, 0.1) is 13.8 Å². The maximum atomic E-state index is 11.0. The van der Waals surface area contributed by atoms with Gasteiger partial charge in [-0.3, -0.25) is 0 Å². The Bertz CT molecular complexity index is 406. The molecule has 0 aliphatic heterocycles. The number of benzene rings is 1. The maximum Gasteiger partial charge on any atom is 0.335 e. The molecule has 15 heavy (non-hydrogen) atoms. The maximum absolute atomic E-state index is 11.0. The summed E-state index contributed by atoms with van der Waals surface area (Å²) in [5.74, 6) is -0.618. The Morgan fingerprint density at radius 1 is 1.27 bits per heavy atom. The first-order valence-corrected chi connectivity index (χ1v) is 4.92. The highest BCUT2D eigenvalue weighted by atomic mass is 16.4. The van der Waals surface area contributed by atoms with E-state index in [1.54, 1.807) is 19.9 Å². The second kappa shape index (κ2) is 3.93. The Morgan fingerprint density at radius 3 is 2.20 bits per heavy atom. The van der Waals surface area contributed by atoms with E-state index in [2.05, 4.69) is 0 Å². The van der Waals surface area contributed by atoms with Crippen LogP contribution in [0.25, 0.3) is 0 Å². The van der Waals surface area contributed by atoms with E-state index in [1.165, 1.54) is 0 Å². The molecule has 1 rings (SSSR count). The number of carbonyl (C=O) groups is 1. The first kappa shape index (κ1) is 11.6. The Balaban J connectivity index is 3.52. The van der Waals surface area contributed by atoms with Crippen molar-refractivity contribution in [1.29, 1.82) is 0 Å². The topological polar surface area (TPSA) is 57.5 Å². The fourth-order valence-electron chi connectivity index (χ4n) is 1.59. The van der Waals surface area contributed by atoms with Crippen LogP contribution in [0.5, 0.6) is 5.75 Å². The Labute approximate surface area is 89.4 Å². The van der Waals surface area contributed by atoms with Crippen molar-refractivity contribution in [3.63, 3.8) is 0 Å². The van der Waals surface area contributed by atoms with Crippen molar-refractivity contribution in [2.24, 2.45) is 0 Å². The van der Waals surface area contributed by atoms with Gasteiger partial charge in [0, 0.05) is 0 Å². The number of carboxylic acids is 1. The molecule has 3 heteroatoms. The Hall–Kier alpha value is -1.51. The van der Waals surface area contributed by atoms with E-state index >= 15 is 0 Å². The number of hydrogen-bond donors (Lipinski definition) is 2. The third-order valence-corrected chi connectivity index (χ3v) is 2.75. The third-order valence-electron chi connectivity index (χ3n) is 2.75. The van der Waals surface area contributed by atoms with E-state index in [0.717, 1.165) is 0 Å². The van der Waals surface area contributed by atoms with Crippen LogP contribution in [-0.2, 0) is 0 Å². The predicted octanol–water partition coefficient (Wildman–Crippen LogP) is 2.83.